The zero-order valence-electron chi connectivity index (χ0n) is 9.90. The van der Waals surface area contributed by atoms with E-state index in [0.717, 1.165) is 6.42 Å². The third-order valence-corrected chi connectivity index (χ3v) is 7.41. The molecule has 0 atom stereocenters. The van der Waals surface area contributed by atoms with E-state index < -0.39 is 8.07 Å². The predicted molar refractivity (Wildman–Crippen MR) is 70.7 cm³/mol. The summed E-state index contributed by atoms with van der Waals surface area (Å²) in [7, 11) is -1.15. The van der Waals surface area contributed by atoms with E-state index in [1.54, 1.807) is 10.1 Å². The molecule has 78 valence electrons. The molecule has 1 rings (SSSR count). The SMILES string of the molecule is C=CCc1c([Si](C)(C)C)sc(C)c1C. The lowest BCUT2D eigenvalue weighted by atomic mass is 10.1. The molecule has 0 fully saturated rings. The Morgan fingerprint density at radius 2 is 1.86 bits per heavy atom. The number of allylic oxidation sites excluding steroid dienone is 1. The van der Waals surface area contributed by atoms with Gasteiger partial charge in [0.2, 0.25) is 0 Å². The normalized spacial score (nSPS) is 11.8. The Morgan fingerprint density at radius 1 is 1.29 bits per heavy atom. The van der Waals surface area contributed by atoms with Gasteiger partial charge in [0.15, 0.2) is 0 Å². The topological polar surface area (TPSA) is 0 Å². The van der Waals surface area contributed by atoms with Gasteiger partial charge in [-0.2, -0.15) is 0 Å². The lowest BCUT2D eigenvalue weighted by Crippen LogP contribution is -2.37. The fourth-order valence-corrected chi connectivity index (χ4v) is 5.49. The highest BCUT2D eigenvalue weighted by molar-refractivity contribution is 7.26. The molecule has 0 aliphatic rings. The van der Waals surface area contributed by atoms with E-state index in [0.29, 0.717) is 0 Å². The molecule has 1 aromatic heterocycles. The molecule has 0 aromatic carbocycles. The molecule has 0 amide bonds. The van der Waals surface area contributed by atoms with Crippen LogP contribution in [0.2, 0.25) is 19.6 Å². The van der Waals surface area contributed by atoms with Gasteiger partial charge in [-0.05, 0) is 35.9 Å². The fourth-order valence-electron chi connectivity index (χ4n) is 1.67. The first-order valence-electron chi connectivity index (χ1n) is 5.08. The van der Waals surface area contributed by atoms with Crippen LogP contribution in [0.25, 0.3) is 0 Å². The highest BCUT2D eigenvalue weighted by Crippen LogP contribution is 2.23. The average molecular weight is 224 g/mol. The quantitative estimate of drug-likeness (QED) is 0.543. The Labute approximate surface area is 92.7 Å². The van der Waals surface area contributed by atoms with Gasteiger partial charge in [0.1, 0.15) is 0 Å². The molecule has 0 saturated carbocycles. The molecule has 0 N–H and O–H groups in total. The Bertz CT molecular complexity index is 342. The van der Waals surface area contributed by atoms with Crippen LogP contribution < -0.4 is 4.50 Å². The second-order valence-corrected chi connectivity index (χ2v) is 11.4. The minimum atomic E-state index is -1.15. The van der Waals surface area contributed by atoms with E-state index in [-0.39, 0.29) is 0 Å². The third kappa shape index (κ3) is 2.18. The van der Waals surface area contributed by atoms with Crippen LogP contribution >= 0.6 is 11.3 Å². The van der Waals surface area contributed by atoms with Crippen LogP contribution in [-0.4, -0.2) is 8.07 Å². The van der Waals surface area contributed by atoms with Gasteiger partial charge in [-0.15, -0.1) is 17.9 Å². The van der Waals surface area contributed by atoms with E-state index in [2.05, 4.69) is 40.1 Å². The summed E-state index contributed by atoms with van der Waals surface area (Å²) >= 11 is 2.00. The molecule has 14 heavy (non-hydrogen) atoms. The van der Waals surface area contributed by atoms with Gasteiger partial charge in [-0.3, -0.25) is 0 Å². The molecule has 0 aliphatic carbocycles. The number of hydrogen-bond donors (Lipinski definition) is 0. The van der Waals surface area contributed by atoms with Gasteiger partial charge in [0.25, 0.3) is 0 Å². The van der Waals surface area contributed by atoms with Crippen LogP contribution in [-0.2, 0) is 6.42 Å². The van der Waals surface area contributed by atoms with Crippen LogP contribution in [0.3, 0.4) is 0 Å². The lowest BCUT2D eigenvalue weighted by Gasteiger charge is -2.16. The molecular formula is C12H20SSi. The maximum absolute atomic E-state index is 3.85. The third-order valence-electron chi connectivity index (χ3n) is 2.54. The molecule has 0 aliphatic heterocycles. The summed E-state index contributed by atoms with van der Waals surface area (Å²) in [5.41, 5.74) is 3.05. The van der Waals surface area contributed by atoms with Crippen molar-refractivity contribution >= 4 is 23.9 Å². The summed E-state index contributed by atoms with van der Waals surface area (Å²) in [6, 6.07) is 0. The Kier molecular flexibility index (Phi) is 3.38. The van der Waals surface area contributed by atoms with Crippen molar-refractivity contribution in [2.45, 2.75) is 39.9 Å². The van der Waals surface area contributed by atoms with Gasteiger partial charge >= 0.3 is 0 Å². The monoisotopic (exact) mass is 224 g/mol. The van der Waals surface area contributed by atoms with Crippen molar-refractivity contribution in [3.63, 3.8) is 0 Å². The van der Waals surface area contributed by atoms with E-state index in [9.17, 15) is 0 Å². The first kappa shape index (κ1) is 11.7. The maximum atomic E-state index is 3.85. The van der Waals surface area contributed by atoms with Crippen molar-refractivity contribution in [1.82, 2.24) is 0 Å². The van der Waals surface area contributed by atoms with Crippen molar-refractivity contribution < 1.29 is 0 Å². The van der Waals surface area contributed by atoms with Crippen LogP contribution in [0.5, 0.6) is 0 Å². The zero-order valence-corrected chi connectivity index (χ0v) is 11.7. The van der Waals surface area contributed by atoms with Crippen molar-refractivity contribution in [2.75, 3.05) is 0 Å². The van der Waals surface area contributed by atoms with Crippen molar-refractivity contribution in [1.29, 1.82) is 0 Å². The van der Waals surface area contributed by atoms with E-state index in [1.807, 2.05) is 17.4 Å². The Hall–Kier alpha value is -0.343. The standard InChI is InChI=1S/C12H20SSi/c1-7-8-11-9(2)10(3)13-12(11)14(4,5)6/h7H,1,8H2,2-6H3. The van der Waals surface area contributed by atoms with Crippen molar-refractivity contribution in [2.24, 2.45) is 0 Å². The lowest BCUT2D eigenvalue weighted by molar-refractivity contribution is 1.24. The first-order valence-corrected chi connectivity index (χ1v) is 9.39. The Balaban J connectivity index is 3.29. The molecule has 0 radical (unpaired) electrons. The minimum Gasteiger partial charge on any atom is -0.150 e. The second-order valence-electron chi connectivity index (χ2n) is 4.83. The van der Waals surface area contributed by atoms with Crippen LogP contribution in [0, 0.1) is 13.8 Å². The number of hydrogen-bond acceptors (Lipinski definition) is 1. The summed E-state index contributed by atoms with van der Waals surface area (Å²) in [6.07, 6.45) is 3.06. The average Bonchev–Trinajstić information content (AvgIpc) is 2.32. The predicted octanol–water partition coefficient (Wildman–Crippen LogP) is 3.64. The first-order chi connectivity index (χ1) is 6.38. The summed E-state index contributed by atoms with van der Waals surface area (Å²) in [5.74, 6) is 0. The van der Waals surface area contributed by atoms with E-state index >= 15 is 0 Å². The van der Waals surface area contributed by atoms with Crippen LogP contribution in [0.15, 0.2) is 12.7 Å². The molecular weight excluding hydrogens is 204 g/mol. The fraction of sp³-hybridized carbons (Fsp3) is 0.500. The van der Waals surface area contributed by atoms with Crippen LogP contribution in [0.1, 0.15) is 16.0 Å². The molecule has 1 aromatic rings. The summed E-state index contributed by atoms with van der Waals surface area (Å²) in [5, 5.41) is 0. The molecule has 2 heteroatoms. The highest BCUT2D eigenvalue weighted by atomic mass is 32.1. The number of aryl methyl sites for hydroxylation is 1. The Morgan fingerprint density at radius 3 is 2.29 bits per heavy atom. The molecule has 0 nitrogen and oxygen atoms in total. The van der Waals surface area contributed by atoms with E-state index in [4.69, 9.17) is 0 Å². The molecule has 0 unspecified atom stereocenters. The molecule has 0 bridgehead atoms. The number of rotatable bonds is 3. The summed E-state index contributed by atoms with van der Waals surface area (Å²) < 4.78 is 1.66. The molecule has 1 heterocycles. The van der Waals surface area contributed by atoms with Crippen LogP contribution in [0.4, 0.5) is 0 Å². The van der Waals surface area contributed by atoms with Gasteiger partial charge in [-0.1, -0.05) is 25.7 Å². The highest BCUT2D eigenvalue weighted by Gasteiger charge is 2.24. The van der Waals surface area contributed by atoms with Gasteiger partial charge < -0.3 is 0 Å². The maximum Gasteiger partial charge on any atom is 0.0908 e. The zero-order chi connectivity index (χ0) is 10.9. The summed E-state index contributed by atoms with van der Waals surface area (Å²) in [4.78, 5) is 1.49. The van der Waals surface area contributed by atoms with Crippen molar-refractivity contribution in [3.8, 4) is 0 Å². The second kappa shape index (κ2) is 4.03. The number of thiophene rings is 1. The van der Waals surface area contributed by atoms with Crippen molar-refractivity contribution in [3.05, 3.63) is 28.7 Å². The van der Waals surface area contributed by atoms with Gasteiger partial charge in [0.05, 0.1) is 8.07 Å². The van der Waals surface area contributed by atoms with Gasteiger partial charge in [-0.25, -0.2) is 0 Å². The summed E-state index contributed by atoms with van der Waals surface area (Å²) in [6.45, 7) is 15.6. The minimum absolute atomic E-state index is 1.04. The molecule has 0 saturated heterocycles. The molecule has 0 spiro atoms. The van der Waals surface area contributed by atoms with E-state index in [1.165, 1.54) is 10.4 Å². The smallest absolute Gasteiger partial charge is 0.0908 e. The largest absolute Gasteiger partial charge is 0.150 e. The van der Waals surface area contributed by atoms with Gasteiger partial charge in [0, 0.05) is 4.88 Å².